The molecule has 2 aliphatic heterocycles. The molecule has 2 aromatic rings. The Morgan fingerprint density at radius 2 is 1.57 bits per heavy atom. The largest absolute Gasteiger partial charge is 0.356 e. The second-order valence-corrected chi connectivity index (χ2v) is 7.09. The second-order valence-electron chi connectivity index (χ2n) is 7.09. The topological polar surface area (TPSA) is 45.2 Å². The van der Waals surface area contributed by atoms with Crippen molar-refractivity contribution in [1.82, 2.24) is 15.0 Å². The van der Waals surface area contributed by atoms with E-state index in [1.54, 1.807) is 6.33 Å². The zero-order chi connectivity index (χ0) is 15.2. The van der Waals surface area contributed by atoms with Gasteiger partial charge < -0.3 is 9.80 Å². The van der Waals surface area contributed by atoms with Crippen molar-refractivity contribution >= 4 is 11.6 Å². The first-order valence-electron chi connectivity index (χ1n) is 8.60. The van der Waals surface area contributed by atoms with Gasteiger partial charge in [0.25, 0.3) is 0 Å². The number of hydrogen-bond acceptors (Lipinski definition) is 5. The molecule has 0 radical (unpaired) electrons. The maximum Gasteiger partial charge on any atom is 0.132 e. The molecule has 5 heteroatoms. The summed E-state index contributed by atoms with van der Waals surface area (Å²) in [4.78, 5) is 18.4. The van der Waals surface area contributed by atoms with E-state index in [0.29, 0.717) is 5.92 Å². The van der Waals surface area contributed by atoms with E-state index in [4.69, 9.17) is 0 Å². The lowest BCUT2D eigenvalue weighted by atomic mass is 10.0. The van der Waals surface area contributed by atoms with Gasteiger partial charge >= 0.3 is 0 Å². The molecule has 2 aromatic heterocycles. The average Bonchev–Trinajstić information content (AvgIpc) is 3.26. The molecule has 3 aliphatic rings. The van der Waals surface area contributed by atoms with Crippen molar-refractivity contribution in [3.63, 3.8) is 0 Å². The van der Waals surface area contributed by atoms with Crippen molar-refractivity contribution in [3.05, 3.63) is 42.5 Å². The van der Waals surface area contributed by atoms with Gasteiger partial charge in [0.05, 0.1) is 0 Å². The van der Waals surface area contributed by atoms with Crippen LogP contribution in [0.15, 0.2) is 36.8 Å². The highest BCUT2D eigenvalue weighted by Gasteiger charge is 2.41. The fourth-order valence-electron chi connectivity index (χ4n) is 4.04. The maximum atomic E-state index is 4.52. The van der Waals surface area contributed by atoms with E-state index < -0.39 is 0 Å². The summed E-state index contributed by atoms with van der Waals surface area (Å²) in [6.07, 6.45) is 6.22. The molecule has 23 heavy (non-hydrogen) atoms. The molecule has 2 atom stereocenters. The highest BCUT2D eigenvalue weighted by Crippen LogP contribution is 2.40. The third kappa shape index (κ3) is 2.44. The van der Waals surface area contributed by atoms with Crippen molar-refractivity contribution in [1.29, 1.82) is 0 Å². The van der Waals surface area contributed by atoms with Gasteiger partial charge in [-0.3, -0.25) is 0 Å². The van der Waals surface area contributed by atoms with Crippen molar-refractivity contribution in [2.24, 2.45) is 11.8 Å². The third-order valence-electron chi connectivity index (χ3n) is 5.45. The Bertz CT molecular complexity index is 686. The summed E-state index contributed by atoms with van der Waals surface area (Å²) in [5, 5.41) is 0. The molecular formula is C18H21N5. The first-order chi connectivity index (χ1) is 11.4. The minimum atomic E-state index is 0.693. The van der Waals surface area contributed by atoms with Gasteiger partial charge in [0.2, 0.25) is 0 Å². The van der Waals surface area contributed by atoms with Crippen molar-refractivity contribution < 1.29 is 0 Å². The van der Waals surface area contributed by atoms with Crippen LogP contribution in [0.3, 0.4) is 0 Å². The molecule has 0 amide bonds. The van der Waals surface area contributed by atoms with Crippen LogP contribution >= 0.6 is 0 Å². The third-order valence-corrected chi connectivity index (χ3v) is 5.45. The van der Waals surface area contributed by atoms with Crippen LogP contribution in [-0.4, -0.2) is 41.1 Å². The molecule has 118 valence electrons. The summed E-state index contributed by atoms with van der Waals surface area (Å²) < 4.78 is 0. The molecule has 4 heterocycles. The number of aromatic nitrogens is 3. The van der Waals surface area contributed by atoms with E-state index >= 15 is 0 Å². The van der Waals surface area contributed by atoms with E-state index in [1.807, 2.05) is 12.3 Å². The molecule has 1 saturated carbocycles. The van der Waals surface area contributed by atoms with Gasteiger partial charge in [-0.1, -0.05) is 6.07 Å². The molecule has 1 aliphatic carbocycles. The van der Waals surface area contributed by atoms with Crippen LogP contribution in [0.5, 0.6) is 0 Å². The van der Waals surface area contributed by atoms with E-state index in [0.717, 1.165) is 49.7 Å². The Hall–Kier alpha value is -2.17. The van der Waals surface area contributed by atoms with Crippen LogP contribution in [0.2, 0.25) is 0 Å². The minimum Gasteiger partial charge on any atom is -0.356 e. The van der Waals surface area contributed by atoms with E-state index in [2.05, 4.69) is 43.0 Å². The van der Waals surface area contributed by atoms with E-state index in [1.165, 1.54) is 18.5 Å². The van der Waals surface area contributed by atoms with Gasteiger partial charge in [0.15, 0.2) is 0 Å². The Morgan fingerprint density at radius 3 is 2.22 bits per heavy atom. The lowest BCUT2D eigenvalue weighted by Crippen LogP contribution is -2.29. The lowest BCUT2D eigenvalue weighted by molar-refractivity contribution is 0.533. The summed E-state index contributed by atoms with van der Waals surface area (Å²) in [6, 6.07) is 8.39. The molecule has 0 N–H and O–H groups in total. The quantitative estimate of drug-likeness (QED) is 0.871. The number of fused-ring (bicyclic) bond motifs is 1. The molecule has 5 rings (SSSR count). The Morgan fingerprint density at radius 1 is 0.826 bits per heavy atom. The molecule has 2 unspecified atom stereocenters. The normalized spacial score (nSPS) is 26.6. The van der Waals surface area contributed by atoms with Gasteiger partial charge in [-0.25, -0.2) is 15.0 Å². The Kier molecular flexibility index (Phi) is 2.99. The van der Waals surface area contributed by atoms with Crippen molar-refractivity contribution in [3.8, 4) is 0 Å². The Balaban J connectivity index is 1.29. The van der Waals surface area contributed by atoms with Crippen LogP contribution in [-0.2, 0) is 0 Å². The summed E-state index contributed by atoms with van der Waals surface area (Å²) in [6.45, 7) is 4.43. The molecule has 2 saturated heterocycles. The summed E-state index contributed by atoms with van der Waals surface area (Å²) in [5.74, 6) is 4.37. The fourth-order valence-corrected chi connectivity index (χ4v) is 4.04. The standard InChI is InChI=1S/C18H21N5/c1-2-6-19-17(3-1)22-8-14-10-23(11-15(14)9-22)18-7-16(13-4-5-13)20-12-21-18/h1-3,6-7,12-15H,4-5,8-11H2. The molecule has 0 bridgehead atoms. The smallest absolute Gasteiger partial charge is 0.132 e. The molecule has 5 nitrogen and oxygen atoms in total. The van der Waals surface area contributed by atoms with Gasteiger partial charge in [0.1, 0.15) is 18.0 Å². The number of anilines is 2. The van der Waals surface area contributed by atoms with Crippen LogP contribution in [0, 0.1) is 11.8 Å². The minimum absolute atomic E-state index is 0.693. The zero-order valence-corrected chi connectivity index (χ0v) is 13.2. The van der Waals surface area contributed by atoms with E-state index in [-0.39, 0.29) is 0 Å². The number of hydrogen-bond donors (Lipinski definition) is 0. The van der Waals surface area contributed by atoms with Crippen molar-refractivity contribution in [2.75, 3.05) is 36.0 Å². The van der Waals surface area contributed by atoms with Crippen LogP contribution in [0.25, 0.3) is 0 Å². The Labute approximate surface area is 136 Å². The van der Waals surface area contributed by atoms with E-state index in [9.17, 15) is 0 Å². The van der Waals surface area contributed by atoms with Crippen molar-refractivity contribution in [2.45, 2.75) is 18.8 Å². The summed E-state index contributed by atoms with van der Waals surface area (Å²) in [7, 11) is 0. The highest BCUT2D eigenvalue weighted by molar-refractivity contribution is 5.45. The maximum absolute atomic E-state index is 4.52. The molecule has 0 aromatic carbocycles. The molecular weight excluding hydrogens is 286 g/mol. The predicted molar refractivity (Wildman–Crippen MR) is 89.7 cm³/mol. The van der Waals surface area contributed by atoms with Gasteiger partial charge in [-0.05, 0) is 25.0 Å². The number of rotatable bonds is 3. The summed E-state index contributed by atoms with van der Waals surface area (Å²) in [5.41, 5.74) is 1.24. The monoisotopic (exact) mass is 307 g/mol. The van der Waals surface area contributed by atoms with Gasteiger partial charge in [-0.15, -0.1) is 0 Å². The van der Waals surface area contributed by atoms with Crippen LogP contribution in [0.4, 0.5) is 11.6 Å². The van der Waals surface area contributed by atoms with Gasteiger partial charge in [-0.2, -0.15) is 0 Å². The zero-order valence-electron chi connectivity index (χ0n) is 13.2. The SMILES string of the molecule is c1ccc(N2CC3CN(c4cc(C5CC5)ncn4)CC3C2)nc1. The second kappa shape index (κ2) is 5.18. The number of pyridine rings is 1. The fraction of sp³-hybridized carbons (Fsp3) is 0.500. The predicted octanol–water partition coefficient (Wildman–Crippen LogP) is 2.32. The number of nitrogens with zero attached hydrogens (tertiary/aromatic N) is 5. The van der Waals surface area contributed by atoms with Gasteiger partial charge in [0, 0.05) is 61.9 Å². The highest BCUT2D eigenvalue weighted by atomic mass is 15.3. The first kappa shape index (κ1) is 13.3. The first-order valence-corrected chi connectivity index (χ1v) is 8.60. The molecule has 0 spiro atoms. The summed E-state index contributed by atoms with van der Waals surface area (Å²) >= 11 is 0. The van der Waals surface area contributed by atoms with Crippen LogP contribution in [0.1, 0.15) is 24.5 Å². The molecule has 3 fully saturated rings. The average molecular weight is 307 g/mol. The lowest BCUT2D eigenvalue weighted by Gasteiger charge is -2.23. The van der Waals surface area contributed by atoms with Crippen LogP contribution < -0.4 is 9.80 Å².